The van der Waals surface area contributed by atoms with Gasteiger partial charge in [0.1, 0.15) is 5.56 Å². The number of aromatic nitrogens is 2. The van der Waals surface area contributed by atoms with E-state index in [4.69, 9.17) is 9.84 Å². The molecule has 1 heterocycles. The molecule has 0 radical (unpaired) electrons. The highest BCUT2D eigenvalue weighted by atomic mass is 16.5. The number of carbonyl (C=O) groups is 1. The van der Waals surface area contributed by atoms with E-state index < -0.39 is 5.97 Å². The Labute approximate surface area is 82.3 Å². The van der Waals surface area contributed by atoms with E-state index in [1.807, 2.05) is 13.8 Å². The average molecular weight is 198 g/mol. The Morgan fingerprint density at radius 2 is 2.43 bits per heavy atom. The molecule has 5 nitrogen and oxygen atoms in total. The zero-order valence-electron chi connectivity index (χ0n) is 8.52. The highest BCUT2D eigenvalue weighted by Crippen LogP contribution is 2.20. The van der Waals surface area contributed by atoms with Crippen LogP contribution in [0.4, 0.5) is 0 Å². The van der Waals surface area contributed by atoms with Gasteiger partial charge in [-0.2, -0.15) is 5.10 Å². The Hall–Kier alpha value is -1.36. The first-order valence-electron chi connectivity index (χ1n) is 4.44. The standard InChI is InChI=1S/C9H14N2O3/c1-4-14-6(2)8-7(9(12)13)5-10-11(8)3/h5-6H,4H2,1-3H3,(H,12,13). The maximum absolute atomic E-state index is 10.8. The van der Waals surface area contributed by atoms with Crippen molar-refractivity contribution in [1.82, 2.24) is 9.78 Å². The molecule has 0 aliphatic heterocycles. The molecule has 0 aromatic carbocycles. The Kier molecular flexibility index (Phi) is 3.24. The molecule has 0 amide bonds. The van der Waals surface area contributed by atoms with Gasteiger partial charge in [0.25, 0.3) is 0 Å². The number of carboxylic acids is 1. The summed E-state index contributed by atoms with van der Waals surface area (Å²) in [6.07, 6.45) is 1.09. The van der Waals surface area contributed by atoms with Gasteiger partial charge in [-0.1, -0.05) is 0 Å². The van der Waals surface area contributed by atoms with E-state index in [1.54, 1.807) is 7.05 Å². The van der Waals surface area contributed by atoms with E-state index in [-0.39, 0.29) is 11.7 Å². The summed E-state index contributed by atoms with van der Waals surface area (Å²) in [4.78, 5) is 10.8. The van der Waals surface area contributed by atoms with Crippen LogP contribution in [-0.2, 0) is 11.8 Å². The minimum absolute atomic E-state index is 0.202. The van der Waals surface area contributed by atoms with Crippen molar-refractivity contribution in [2.45, 2.75) is 20.0 Å². The van der Waals surface area contributed by atoms with Crippen LogP contribution in [0.25, 0.3) is 0 Å². The number of hydrogen-bond donors (Lipinski definition) is 1. The average Bonchev–Trinajstić information content (AvgIpc) is 2.47. The molecule has 1 unspecified atom stereocenters. The van der Waals surface area contributed by atoms with Gasteiger partial charge >= 0.3 is 5.97 Å². The van der Waals surface area contributed by atoms with Crippen molar-refractivity contribution < 1.29 is 14.6 Å². The lowest BCUT2D eigenvalue weighted by molar-refractivity contribution is 0.0619. The number of hydrogen-bond acceptors (Lipinski definition) is 3. The highest BCUT2D eigenvalue weighted by molar-refractivity contribution is 5.88. The lowest BCUT2D eigenvalue weighted by atomic mass is 10.2. The lowest BCUT2D eigenvalue weighted by Gasteiger charge is -2.12. The van der Waals surface area contributed by atoms with Crippen molar-refractivity contribution in [2.24, 2.45) is 7.05 Å². The first-order valence-corrected chi connectivity index (χ1v) is 4.44. The molecule has 78 valence electrons. The summed E-state index contributed by atoms with van der Waals surface area (Å²) in [5.41, 5.74) is 0.799. The van der Waals surface area contributed by atoms with E-state index in [0.29, 0.717) is 12.3 Å². The minimum atomic E-state index is -0.973. The van der Waals surface area contributed by atoms with Crippen molar-refractivity contribution >= 4 is 5.97 Å². The van der Waals surface area contributed by atoms with Crippen LogP contribution in [-0.4, -0.2) is 27.5 Å². The number of carboxylic acid groups (broad SMARTS) is 1. The zero-order chi connectivity index (χ0) is 10.7. The van der Waals surface area contributed by atoms with Crippen LogP contribution in [0, 0.1) is 0 Å². The van der Waals surface area contributed by atoms with Gasteiger partial charge in [-0.05, 0) is 13.8 Å². The first kappa shape index (κ1) is 10.7. The quantitative estimate of drug-likeness (QED) is 0.789. The van der Waals surface area contributed by atoms with Gasteiger partial charge in [0.15, 0.2) is 0 Å². The van der Waals surface area contributed by atoms with Crippen LogP contribution in [0.2, 0.25) is 0 Å². The fourth-order valence-electron chi connectivity index (χ4n) is 1.42. The third-order valence-electron chi connectivity index (χ3n) is 2.02. The van der Waals surface area contributed by atoms with E-state index >= 15 is 0 Å². The Morgan fingerprint density at radius 3 is 2.93 bits per heavy atom. The minimum Gasteiger partial charge on any atom is -0.478 e. The van der Waals surface area contributed by atoms with E-state index in [0.717, 1.165) is 0 Å². The topological polar surface area (TPSA) is 64.3 Å². The molecule has 1 N–H and O–H groups in total. The highest BCUT2D eigenvalue weighted by Gasteiger charge is 2.20. The molecule has 1 rings (SSSR count). The van der Waals surface area contributed by atoms with Crippen molar-refractivity contribution in [3.8, 4) is 0 Å². The fourth-order valence-corrected chi connectivity index (χ4v) is 1.42. The summed E-state index contributed by atoms with van der Waals surface area (Å²) in [7, 11) is 1.71. The summed E-state index contributed by atoms with van der Waals surface area (Å²) in [6.45, 7) is 4.23. The van der Waals surface area contributed by atoms with Gasteiger partial charge in [0.05, 0.1) is 18.0 Å². The van der Waals surface area contributed by atoms with Crippen LogP contribution >= 0.6 is 0 Å². The Balaban J connectivity index is 3.04. The van der Waals surface area contributed by atoms with Crippen LogP contribution in [0.15, 0.2) is 6.20 Å². The predicted molar refractivity (Wildman–Crippen MR) is 50.2 cm³/mol. The number of aryl methyl sites for hydroxylation is 1. The van der Waals surface area contributed by atoms with Crippen molar-refractivity contribution in [3.63, 3.8) is 0 Å². The number of ether oxygens (including phenoxy) is 1. The largest absolute Gasteiger partial charge is 0.478 e. The third kappa shape index (κ3) is 1.93. The Bertz CT molecular complexity index is 333. The third-order valence-corrected chi connectivity index (χ3v) is 2.02. The fraction of sp³-hybridized carbons (Fsp3) is 0.556. The van der Waals surface area contributed by atoms with Crippen molar-refractivity contribution in [3.05, 3.63) is 17.5 Å². The van der Waals surface area contributed by atoms with E-state index in [1.165, 1.54) is 10.9 Å². The molecule has 0 bridgehead atoms. The van der Waals surface area contributed by atoms with Crippen molar-refractivity contribution in [2.75, 3.05) is 6.61 Å². The number of nitrogens with zero attached hydrogens (tertiary/aromatic N) is 2. The summed E-state index contributed by atoms with van der Waals surface area (Å²) in [5.74, 6) is -0.973. The molecule has 1 aromatic rings. The predicted octanol–water partition coefficient (Wildman–Crippen LogP) is 1.22. The normalized spacial score (nSPS) is 12.8. The zero-order valence-corrected chi connectivity index (χ0v) is 8.52. The molecule has 0 aliphatic carbocycles. The van der Waals surface area contributed by atoms with Gasteiger partial charge in [-0.15, -0.1) is 0 Å². The van der Waals surface area contributed by atoms with Gasteiger partial charge in [-0.25, -0.2) is 4.79 Å². The van der Waals surface area contributed by atoms with Gasteiger partial charge in [0.2, 0.25) is 0 Å². The van der Waals surface area contributed by atoms with Crippen LogP contribution < -0.4 is 0 Å². The van der Waals surface area contributed by atoms with Gasteiger partial charge in [0, 0.05) is 13.7 Å². The molecule has 1 atom stereocenters. The molecule has 5 heteroatoms. The second kappa shape index (κ2) is 4.23. The maximum Gasteiger partial charge on any atom is 0.339 e. The first-order chi connectivity index (χ1) is 6.57. The van der Waals surface area contributed by atoms with E-state index in [9.17, 15) is 4.79 Å². The second-order valence-corrected chi connectivity index (χ2v) is 2.97. The summed E-state index contributed by atoms with van der Waals surface area (Å²) >= 11 is 0. The van der Waals surface area contributed by atoms with Crippen LogP contribution in [0.1, 0.15) is 36.0 Å². The molecule has 14 heavy (non-hydrogen) atoms. The molecular formula is C9H14N2O3. The number of rotatable bonds is 4. The maximum atomic E-state index is 10.8. The summed E-state index contributed by atoms with van der Waals surface area (Å²) < 4.78 is 6.87. The molecule has 0 spiro atoms. The molecule has 0 fully saturated rings. The molecule has 1 aromatic heterocycles. The molecule has 0 aliphatic rings. The SMILES string of the molecule is CCOC(C)c1c(C(=O)O)cnn1C. The van der Waals surface area contributed by atoms with Crippen molar-refractivity contribution in [1.29, 1.82) is 0 Å². The molecule has 0 saturated carbocycles. The monoisotopic (exact) mass is 198 g/mol. The number of aromatic carboxylic acids is 1. The smallest absolute Gasteiger partial charge is 0.339 e. The van der Waals surface area contributed by atoms with Gasteiger partial charge in [-0.3, -0.25) is 4.68 Å². The summed E-state index contributed by atoms with van der Waals surface area (Å²) in [5, 5.41) is 12.8. The second-order valence-electron chi connectivity index (χ2n) is 2.97. The molecule has 0 saturated heterocycles. The van der Waals surface area contributed by atoms with Crippen LogP contribution in [0.5, 0.6) is 0 Å². The van der Waals surface area contributed by atoms with E-state index in [2.05, 4.69) is 5.10 Å². The van der Waals surface area contributed by atoms with Gasteiger partial charge < -0.3 is 9.84 Å². The molecular weight excluding hydrogens is 184 g/mol. The summed E-state index contributed by atoms with van der Waals surface area (Å²) in [6, 6.07) is 0. The Morgan fingerprint density at radius 1 is 1.79 bits per heavy atom. The van der Waals surface area contributed by atoms with Crippen LogP contribution in [0.3, 0.4) is 0 Å². The lowest BCUT2D eigenvalue weighted by Crippen LogP contribution is -2.11.